The van der Waals surface area contributed by atoms with Gasteiger partial charge in [0.1, 0.15) is 5.01 Å². The molecule has 2 aromatic heterocycles. The van der Waals surface area contributed by atoms with Crippen LogP contribution in [0.15, 0.2) is 17.8 Å². The Balaban J connectivity index is 1.57. The lowest BCUT2D eigenvalue weighted by atomic mass is 10.1. The van der Waals surface area contributed by atoms with Gasteiger partial charge in [-0.25, -0.2) is 4.98 Å². The molecule has 1 saturated heterocycles. The molecule has 0 bridgehead atoms. The predicted octanol–water partition coefficient (Wildman–Crippen LogP) is 1.43. The molecule has 126 valence electrons. The van der Waals surface area contributed by atoms with E-state index in [1.165, 1.54) is 0 Å². The summed E-state index contributed by atoms with van der Waals surface area (Å²) in [5.74, 6) is 0. The van der Waals surface area contributed by atoms with Crippen molar-refractivity contribution in [1.82, 2.24) is 24.6 Å². The van der Waals surface area contributed by atoms with Gasteiger partial charge in [0.05, 0.1) is 18.0 Å². The second-order valence-electron chi connectivity index (χ2n) is 6.47. The molecule has 1 aliphatic heterocycles. The van der Waals surface area contributed by atoms with Gasteiger partial charge in [-0.15, -0.1) is 11.3 Å². The van der Waals surface area contributed by atoms with Gasteiger partial charge in [0, 0.05) is 63.0 Å². The first kappa shape index (κ1) is 16.6. The van der Waals surface area contributed by atoms with Crippen LogP contribution < -0.4 is 0 Å². The number of nitrogens with zero attached hydrogens (tertiary/aromatic N) is 5. The Morgan fingerprint density at radius 2 is 2.26 bits per heavy atom. The number of piperazine rings is 1. The Morgan fingerprint density at radius 1 is 1.43 bits per heavy atom. The second kappa shape index (κ2) is 7.09. The quantitative estimate of drug-likeness (QED) is 0.896. The molecule has 0 radical (unpaired) electrons. The van der Waals surface area contributed by atoms with Crippen molar-refractivity contribution < 1.29 is 5.11 Å². The highest BCUT2D eigenvalue weighted by Gasteiger charge is 2.24. The third-order valence-corrected chi connectivity index (χ3v) is 5.18. The highest BCUT2D eigenvalue weighted by molar-refractivity contribution is 7.13. The van der Waals surface area contributed by atoms with E-state index in [9.17, 15) is 5.11 Å². The van der Waals surface area contributed by atoms with E-state index in [4.69, 9.17) is 4.98 Å². The molecular formula is C16H25N5OS. The van der Waals surface area contributed by atoms with Gasteiger partial charge in [0.25, 0.3) is 0 Å². The van der Waals surface area contributed by atoms with Crippen molar-refractivity contribution in [3.63, 3.8) is 0 Å². The van der Waals surface area contributed by atoms with Gasteiger partial charge < -0.3 is 5.11 Å². The zero-order valence-electron chi connectivity index (χ0n) is 14.0. The topological polar surface area (TPSA) is 57.4 Å². The average molecular weight is 335 g/mol. The first-order valence-electron chi connectivity index (χ1n) is 8.09. The van der Waals surface area contributed by atoms with Crippen LogP contribution >= 0.6 is 11.3 Å². The van der Waals surface area contributed by atoms with Crippen molar-refractivity contribution in [2.24, 2.45) is 7.05 Å². The molecule has 0 aliphatic carbocycles. The van der Waals surface area contributed by atoms with Crippen molar-refractivity contribution >= 4 is 11.3 Å². The summed E-state index contributed by atoms with van der Waals surface area (Å²) >= 11 is 1.68. The van der Waals surface area contributed by atoms with Crippen LogP contribution in [0, 0.1) is 0 Å². The summed E-state index contributed by atoms with van der Waals surface area (Å²) in [4.78, 5) is 9.56. The molecule has 3 heterocycles. The first-order chi connectivity index (χ1) is 11.0. The molecule has 1 fully saturated rings. The summed E-state index contributed by atoms with van der Waals surface area (Å²) in [6, 6.07) is 0.467. The number of hydrogen-bond acceptors (Lipinski definition) is 6. The number of aryl methyl sites for hydroxylation is 1. The Bertz CT molecular complexity index is 638. The molecule has 1 aliphatic rings. The number of rotatable bonds is 5. The molecule has 3 rings (SSSR count). The molecule has 7 heteroatoms. The molecule has 0 spiro atoms. The molecule has 2 atom stereocenters. The van der Waals surface area contributed by atoms with E-state index in [2.05, 4.69) is 27.2 Å². The lowest BCUT2D eigenvalue weighted by Gasteiger charge is -2.40. The predicted molar refractivity (Wildman–Crippen MR) is 92.3 cm³/mol. The number of aliphatic hydroxyl groups excluding tert-OH is 1. The third-order valence-electron chi connectivity index (χ3n) is 4.24. The summed E-state index contributed by atoms with van der Waals surface area (Å²) < 4.78 is 1.81. The van der Waals surface area contributed by atoms with Crippen molar-refractivity contribution in [2.45, 2.75) is 32.5 Å². The fourth-order valence-electron chi connectivity index (χ4n) is 3.10. The number of thiazole rings is 1. The highest BCUT2D eigenvalue weighted by Crippen LogP contribution is 2.24. The van der Waals surface area contributed by atoms with E-state index in [0.29, 0.717) is 6.04 Å². The lowest BCUT2D eigenvalue weighted by Crippen LogP contribution is -2.53. The number of aromatic nitrogens is 3. The van der Waals surface area contributed by atoms with E-state index in [1.54, 1.807) is 16.0 Å². The standard InChI is InChI=1S/C16H25N5OS/c1-12-7-20(4-5-21(12)8-13(2)22)10-15-11-23-16(18-15)14-6-17-19(3)9-14/h6,9,11-13,22H,4-5,7-8,10H2,1-3H3. The Kier molecular flexibility index (Phi) is 5.11. The van der Waals surface area contributed by atoms with E-state index in [1.807, 2.05) is 26.4 Å². The first-order valence-corrected chi connectivity index (χ1v) is 8.97. The van der Waals surface area contributed by atoms with Gasteiger partial charge in [-0.05, 0) is 13.8 Å². The van der Waals surface area contributed by atoms with Crippen molar-refractivity contribution in [2.75, 3.05) is 26.2 Å². The van der Waals surface area contributed by atoms with E-state index >= 15 is 0 Å². The number of β-amino-alcohol motifs (C(OH)–C–C–N with tert-alkyl or cyclic N) is 1. The van der Waals surface area contributed by atoms with Crippen molar-refractivity contribution in [3.8, 4) is 10.6 Å². The minimum Gasteiger partial charge on any atom is -0.392 e. The molecule has 2 unspecified atom stereocenters. The Hall–Kier alpha value is -1.28. The maximum absolute atomic E-state index is 9.57. The highest BCUT2D eigenvalue weighted by atomic mass is 32.1. The van der Waals surface area contributed by atoms with Crippen molar-refractivity contribution in [3.05, 3.63) is 23.5 Å². The minimum absolute atomic E-state index is 0.260. The molecule has 1 N–H and O–H groups in total. The largest absolute Gasteiger partial charge is 0.392 e. The van der Waals surface area contributed by atoms with E-state index < -0.39 is 0 Å². The smallest absolute Gasteiger partial charge is 0.126 e. The van der Waals surface area contributed by atoms with E-state index in [-0.39, 0.29) is 6.10 Å². The fraction of sp³-hybridized carbons (Fsp3) is 0.625. The van der Waals surface area contributed by atoms with E-state index in [0.717, 1.165) is 49.0 Å². The average Bonchev–Trinajstić information content (AvgIpc) is 3.10. The zero-order chi connectivity index (χ0) is 16.4. The molecule has 0 amide bonds. The minimum atomic E-state index is -0.260. The molecule has 0 aromatic carbocycles. The number of hydrogen-bond donors (Lipinski definition) is 1. The van der Waals surface area contributed by atoms with Crippen molar-refractivity contribution in [1.29, 1.82) is 0 Å². The second-order valence-corrected chi connectivity index (χ2v) is 7.33. The van der Waals surface area contributed by atoms with Gasteiger partial charge in [0.15, 0.2) is 0 Å². The van der Waals surface area contributed by atoms with Crippen LogP contribution in [0.25, 0.3) is 10.6 Å². The Morgan fingerprint density at radius 3 is 2.91 bits per heavy atom. The van der Waals surface area contributed by atoms with Crippen LogP contribution in [0.3, 0.4) is 0 Å². The van der Waals surface area contributed by atoms with Crippen LogP contribution in [-0.2, 0) is 13.6 Å². The summed E-state index contributed by atoms with van der Waals surface area (Å²) in [5, 5.41) is 17.0. The van der Waals surface area contributed by atoms with Gasteiger partial charge >= 0.3 is 0 Å². The van der Waals surface area contributed by atoms with Gasteiger partial charge in [-0.2, -0.15) is 5.10 Å². The lowest BCUT2D eigenvalue weighted by molar-refractivity contribution is 0.0419. The molecule has 2 aromatic rings. The summed E-state index contributed by atoms with van der Waals surface area (Å²) in [6.07, 6.45) is 3.60. The Labute approximate surface area is 141 Å². The molecule has 0 saturated carbocycles. The fourth-order valence-corrected chi connectivity index (χ4v) is 3.88. The van der Waals surface area contributed by atoms with Crippen LogP contribution in [0.1, 0.15) is 19.5 Å². The van der Waals surface area contributed by atoms with Gasteiger partial charge in [-0.1, -0.05) is 0 Å². The summed E-state index contributed by atoms with van der Waals surface area (Å²) in [5.41, 5.74) is 2.21. The van der Waals surface area contributed by atoms with Gasteiger partial charge in [0.2, 0.25) is 0 Å². The third kappa shape index (κ3) is 4.17. The molecular weight excluding hydrogens is 310 g/mol. The molecule has 6 nitrogen and oxygen atoms in total. The van der Waals surface area contributed by atoms with Crippen LogP contribution in [0.5, 0.6) is 0 Å². The number of aliphatic hydroxyl groups is 1. The maximum Gasteiger partial charge on any atom is 0.126 e. The van der Waals surface area contributed by atoms with Crippen LogP contribution in [0.4, 0.5) is 0 Å². The normalized spacial score (nSPS) is 21.7. The SMILES string of the molecule is CC(O)CN1CCN(Cc2csc(-c3cnn(C)c3)n2)CC1C. The maximum atomic E-state index is 9.57. The van der Waals surface area contributed by atoms with Crippen LogP contribution in [-0.4, -0.2) is 68.0 Å². The van der Waals surface area contributed by atoms with Gasteiger partial charge in [-0.3, -0.25) is 14.5 Å². The monoisotopic (exact) mass is 335 g/mol. The summed E-state index contributed by atoms with van der Waals surface area (Å²) in [6.45, 7) is 8.79. The summed E-state index contributed by atoms with van der Waals surface area (Å²) in [7, 11) is 1.92. The van der Waals surface area contributed by atoms with Crippen LogP contribution in [0.2, 0.25) is 0 Å². The molecule has 23 heavy (non-hydrogen) atoms. The zero-order valence-corrected chi connectivity index (χ0v) is 14.8.